The summed E-state index contributed by atoms with van der Waals surface area (Å²) in [7, 11) is 0. The molecule has 114 valence electrons. The topological polar surface area (TPSA) is 49.4 Å². The zero-order valence-corrected chi connectivity index (χ0v) is 12.0. The van der Waals surface area contributed by atoms with Crippen LogP contribution in [0.1, 0.15) is 11.1 Å². The first-order valence-corrected chi connectivity index (χ1v) is 7.26. The molecule has 1 N–H and O–H groups in total. The summed E-state index contributed by atoms with van der Waals surface area (Å²) in [4.78, 5) is 24.5. The van der Waals surface area contributed by atoms with Crippen LogP contribution < -0.4 is 5.32 Å². The molecule has 0 radical (unpaired) electrons. The minimum Gasteiger partial charge on any atom is -0.325 e. The van der Waals surface area contributed by atoms with Crippen LogP contribution in [-0.2, 0) is 15.8 Å². The lowest BCUT2D eigenvalue weighted by molar-refractivity contribution is -0.138. The summed E-state index contributed by atoms with van der Waals surface area (Å²) in [5, 5.41) is 2.39. The average molecular weight is 318 g/mol. The Bertz CT molecular complexity index is 575. The number of halogens is 3. The zero-order valence-electron chi connectivity index (χ0n) is 11.2. The number of alkyl halides is 3. The number of benzene rings is 1. The van der Waals surface area contributed by atoms with Crippen molar-refractivity contribution in [1.29, 1.82) is 0 Å². The molecule has 0 aromatic heterocycles. The molecule has 1 aliphatic rings. The number of rotatable bonds is 3. The SMILES string of the molecule is Cc1ccc(NC(=O)CN2CSCC2=O)cc1C(F)(F)F. The summed E-state index contributed by atoms with van der Waals surface area (Å²) in [5.74, 6) is 0.0992. The first-order chi connectivity index (χ1) is 9.77. The van der Waals surface area contributed by atoms with Crippen LogP contribution in [0, 0.1) is 6.92 Å². The zero-order chi connectivity index (χ0) is 15.6. The molecular weight excluding hydrogens is 305 g/mol. The molecule has 0 saturated carbocycles. The van der Waals surface area contributed by atoms with E-state index < -0.39 is 17.6 Å². The molecule has 2 rings (SSSR count). The fraction of sp³-hybridized carbons (Fsp3) is 0.385. The van der Waals surface area contributed by atoms with E-state index in [1.165, 1.54) is 35.7 Å². The monoisotopic (exact) mass is 318 g/mol. The molecule has 0 atom stereocenters. The lowest BCUT2D eigenvalue weighted by atomic mass is 10.1. The highest BCUT2D eigenvalue weighted by Gasteiger charge is 2.32. The Morgan fingerprint density at radius 1 is 1.43 bits per heavy atom. The van der Waals surface area contributed by atoms with Crippen LogP contribution in [0.4, 0.5) is 18.9 Å². The highest BCUT2D eigenvalue weighted by molar-refractivity contribution is 8.00. The maximum Gasteiger partial charge on any atom is 0.416 e. The molecule has 0 bridgehead atoms. The summed E-state index contributed by atoms with van der Waals surface area (Å²) < 4.78 is 38.3. The smallest absolute Gasteiger partial charge is 0.325 e. The van der Waals surface area contributed by atoms with Crippen LogP contribution >= 0.6 is 11.8 Å². The Morgan fingerprint density at radius 3 is 2.71 bits per heavy atom. The van der Waals surface area contributed by atoms with E-state index >= 15 is 0 Å². The third-order valence-electron chi connectivity index (χ3n) is 2.99. The molecule has 1 saturated heterocycles. The van der Waals surface area contributed by atoms with Crippen molar-refractivity contribution in [3.63, 3.8) is 0 Å². The number of amides is 2. The number of carbonyl (C=O) groups excluding carboxylic acids is 2. The third-order valence-corrected chi connectivity index (χ3v) is 3.93. The van der Waals surface area contributed by atoms with Gasteiger partial charge in [0.2, 0.25) is 11.8 Å². The van der Waals surface area contributed by atoms with E-state index in [4.69, 9.17) is 0 Å². The molecule has 1 heterocycles. The number of thioether (sulfide) groups is 1. The fourth-order valence-corrected chi connectivity index (χ4v) is 2.82. The van der Waals surface area contributed by atoms with E-state index in [0.717, 1.165) is 6.07 Å². The molecule has 1 fully saturated rings. The van der Waals surface area contributed by atoms with Gasteiger partial charge in [-0.1, -0.05) is 6.07 Å². The number of hydrogen-bond donors (Lipinski definition) is 1. The second kappa shape index (κ2) is 5.97. The van der Waals surface area contributed by atoms with E-state index in [2.05, 4.69) is 5.32 Å². The van der Waals surface area contributed by atoms with Crippen molar-refractivity contribution in [2.45, 2.75) is 13.1 Å². The molecular formula is C13H13F3N2O2S. The Labute approximate surface area is 123 Å². The largest absolute Gasteiger partial charge is 0.416 e. The van der Waals surface area contributed by atoms with Gasteiger partial charge in [0.1, 0.15) is 6.54 Å². The summed E-state index contributed by atoms with van der Waals surface area (Å²) in [6.07, 6.45) is -4.47. The highest BCUT2D eigenvalue weighted by atomic mass is 32.2. The van der Waals surface area contributed by atoms with Crippen LogP contribution in [0.15, 0.2) is 18.2 Å². The van der Waals surface area contributed by atoms with Gasteiger partial charge >= 0.3 is 6.18 Å². The van der Waals surface area contributed by atoms with Crippen LogP contribution in [0.3, 0.4) is 0 Å². The first kappa shape index (κ1) is 15.7. The molecule has 21 heavy (non-hydrogen) atoms. The van der Waals surface area contributed by atoms with E-state index in [1.807, 2.05) is 0 Å². The van der Waals surface area contributed by atoms with Gasteiger partial charge in [0.15, 0.2) is 0 Å². The Kier molecular flexibility index (Phi) is 4.46. The van der Waals surface area contributed by atoms with Gasteiger partial charge in [0, 0.05) is 5.69 Å². The third kappa shape index (κ3) is 3.90. The van der Waals surface area contributed by atoms with E-state index in [1.54, 1.807) is 0 Å². The summed E-state index contributed by atoms with van der Waals surface area (Å²) in [6.45, 7) is 1.20. The minimum atomic E-state index is -4.47. The maximum atomic E-state index is 12.8. The van der Waals surface area contributed by atoms with E-state index in [0.29, 0.717) is 11.6 Å². The molecule has 8 heteroatoms. The van der Waals surface area contributed by atoms with Crippen molar-refractivity contribution >= 4 is 29.3 Å². The predicted molar refractivity (Wildman–Crippen MR) is 73.8 cm³/mol. The standard InChI is InChI=1S/C13H13F3N2O2S/c1-8-2-3-9(4-10(8)13(14,15)16)17-11(19)5-18-7-21-6-12(18)20/h2-4H,5-7H2,1H3,(H,17,19). The first-order valence-electron chi connectivity index (χ1n) is 6.10. The Balaban J connectivity index is 2.06. The van der Waals surface area contributed by atoms with Crippen molar-refractivity contribution in [2.75, 3.05) is 23.5 Å². The summed E-state index contributed by atoms with van der Waals surface area (Å²) in [6, 6.07) is 3.60. The van der Waals surface area contributed by atoms with Crippen molar-refractivity contribution in [3.05, 3.63) is 29.3 Å². The second-order valence-electron chi connectivity index (χ2n) is 4.64. The molecule has 0 aliphatic carbocycles. The molecule has 0 spiro atoms. The average Bonchev–Trinajstić information content (AvgIpc) is 2.76. The quantitative estimate of drug-likeness (QED) is 0.931. The van der Waals surface area contributed by atoms with Gasteiger partial charge in [0.05, 0.1) is 17.2 Å². The van der Waals surface area contributed by atoms with Crippen molar-refractivity contribution < 1.29 is 22.8 Å². The summed E-state index contributed by atoms with van der Waals surface area (Å²) >= 11 is 1.39. The van der Waals surface area contributed by atoms with Gasteiger partial charge in [-0.25, -0.2) is 0 Å². The number of carbonyl (C=O) groups is 2. The van der Waals surface area contributed by atoms with Crippen LogP contribution in [0.2, 0.25) is 0 Å². The number of hydrogen-bond acceptors (Lipinski definition) is 3. The van der Waals surface area contributed by atoms with Gasteiger partial charge in [-0.2, -0.15) is 13.2 Å². The highest BCUT2D eigenvalue weighted by Crippen LogP contribution is 2.33. The minimum absolute atomic E-state index is 0.0669. The van der Waals surface area contributed by atoms with E-state index in [-0.39, 0.29) is 23.7 Å². The molecule has 1 aromatic rings. The molecule has 0 unspecified atom stereocenters. The Hall–Kier alpha value is -1.70. The van der Waals surface area contributed by atoms with Gasteiger partial charge in [-0.05, 0) is 24.6 Å². The molecule has 1 aliphatic heterocycles. The maximum absolute atomic E-state index is 12.8. The molecule has 2 amide bonds. The lowest BCUT2D eigenvalue weighted by Gasteiger charge is -2.16. The van der Waals surface area contributed by atoms with Gasteiger partial charge in [0.25, 0.3) is 0 Å². The normalized spacial score (nSPS) is 15.4. The van der Waals surface area contributed by atoms with Crippen molar-refractivity contribution in [1.82, 2.24) is 4.90 Å². The van der Waals surface area contributed by atoms with Crippen LogP contribution in [0.25, 0.3) is 0 Å². The number of nitrogens with zero attached hydrogens (tertiary/aromatic N) is 1. The van der Waals surface area contributed by atoms with Crippen LogP contribution in [-0.4, -0.2) is 34.9 Å². The van der Waals surface area contributed by atoms with Crippen molar-refractivity contribution in [3.8, 4) is 0 Å². The number of anilines is 1. The number of nitrogens with one attached hydrogen (secondary N) is 1. The number of aryl methyl sites for hydroxylation is 1. The predicted octanol–water partition coefficient (Wildman–Crippen LogP) is 2.49. The van der Waals surface area contributed by atoms with E-state index in [9.17, 15) is 22.8 Å². The van der Waals surface area contributed by atoms with Gasteiger partial charge in [-0.3, -0.25) is 9.59 Å². The molecule has 1 aromatic carbocycles. The Morgan fingerprint density at radius 2 is 2.14 bits per heavy atom. The van der Waals surface area contributed by atoms with Gasteiger partial charge in [-0.15, -0.1) is 11.8 Å². The lowest BCUT2D eigenvalue weighted by Crippen LogP contribution is -2.34. The summed E-state index contributed by atoms with van der Waals surface area (Å²) in [5.41, 5.74) is -0.628. The van der Waals surface area contributed by atoms with Gasteiger partial charge < -0.3 is 10.2 Å². The second-order valence-corrected chi connectivity index (χ2v) is 5.60. The van der Waals surface area contributed by atoms with Crippen molar-refractivity contribution in [2.24, 2.45) is 0 Å². The fourth-order valence-electron chi connectivity index (χ4n) is 1.92. The van der Waals surface area contributed by atoms with Crippen LogP contribution in [0.5, 0.6) is 0 Å². The molecule has 4 nitrogen and oxygen atoms in total.